The number of carbonyl (C=O) groups excluding carboxylic acids is 2. The van der Waals surface area contributed by atoms with Gasteiger partial charge in [0, 0.05) is 5.56 Å². The van der Waals surface area contributed by atoms with Crippen molar-refractivity contribution in [2.75, 3.05) is 7.11 Å². The van der Waals surface area contributed by atoms with E-state index in [-0.39, 0.29) is 12.5 Å². The first-order chi connectivity index (χ1) is 14.4. The summed E-state index contributed by atoms with van der Waals surface area (Å²) in [7, 11) is 1.04. The van der Waals surface area contributed by atoms with Gasteiger partial charge in [-0.05, 0) is 30.2 Å². The zero-order valence-electron chi connectivity index (χ0n) is 16.1. The molecular weight excluding hydrogens is 428 g/mol. The van der Waals surface area contributed by atoms with Gasteiger partial charge in [-0.25, -0.2) is 4.79 Å². The van der Waals surface area contributed by atoms with Crippen LogP contribution in [0, 0.1) is 0 Å². The van der Waals surface area contributed by atoms with Gasteiger partial charge in [0.15, 0.2) is 0 Å². The maximum Gasteiger partial charge on any atom is 0.416 e. The highest BCUT2D eigenvalue weighted by molar-refractivity contribution is 5.97. The van der Waals surface area contributed by atoms with Crippen molar-refractivity contribution in [3.05, 3.63) is 76.9 Å². The number of nitrogens with one attached hydrogen (secondary N) is 1. The van der Waals surface area contributed by atoms with Gasteiger partial charge >= 0.3 is 18.3 Å². The molecule has 2 rings (SSSR count). The second kappa shape index (κ2) is 9.67. The number of rotatable bonds is 6. The Bertz CT molecular complexity index is 920. The molecule has 4 nitrogen and oxygen atoms in total. The maximum absolute atomic E-state index is 13.0. The summed E-state index contributed by atoms with van der Waals surface area (Å²) in [5.74, 6) is -2.19. The van der Waals surface area contributed by atoms with Gasteiger partial charge in [0.05, 0.1) is 18.2 Å². The lowest BCUT2D eigenvalue weighted by molar-refractivity contribution is -0.144. The largest absolute Gasteiger partial charge is 0.467 e. The molecule has 0 spiro atoms. The van der Waals surface area contributed by atoms with Gasteiger partial charge in [-0.15, -0.1) is 0 Å². The van der Waals surface area contributed by atoms with Gasteiger partial charge in [-0.2, -0.15) is 26.3 Å². The first-order valence-corrected chi connectivity index (χ1v) is 8.81. The van der Waals surface area contributed by atoms with E-state index < -0.39 is 47.0 Å². The number of hydrogen-bond donors (Lipinski definition) is 1. The van der Waals surface area contributed by atoms with Gasteiger partial charge in [-0.3, -0.25) is 4.79 Å². The topological polar surface area (TPSA) is 55.4 Å². The van der Waals surface area contributed by atoms with Gasteiger partial charge in [-0.1, -0.05) is 42.5 Å². The Balaban J connectivity index is 2.28. The van der Waals surface area contributed by atoms with Crippen LogP contribution >= 0.6 is 0 Å². The molecule has 0 bridgehead atoms. The molecule has 2 aromatic rings. The molecule has 31 heavy (non-hydrogen) atoms. The average molecular weight is 445 g/mol. The van der Waals surface area contributed by atoms with E-state index in [0.717, 1.165) is 12.7 Å². The maximum atomic E-state index is 13.0. The molecule has 0 aliphatic rings. The fourth-order valence-corrected chi connectivity index (χ4v) is 2.59. The summed E-state index contributed by atoms with van der Waals surface area (Å²) in [4.78, 5) is 24.3. The summed E-state index contributed by atoms with van der Waals surface area (Å²) >= 11 is 0. The van der Waals surface area contributed by atoms with Gasteiger partial charge in [0.1, 0.15) is 6.04 Å². The predicted octanol–water partition coefficient (Wildman–Crippen LogP) is 5.10. The molecule has 2 aromatic carbocycles. The zero-order chi connectivity index (χ0) is 23.2. The zero-order valence-corrected chi connectivity index (χ0v) is 16.1. The van der Waals surface area contributed by atoms with Crippen LogP contribution in [0.1, 0.15) is 33.5 Å². The minimum Gasteiger partial charge on any atom is -0.467 e. The van der Waals surface area contributed by atoms with E-state index in [1.807, 2.05) is 0 Å². The Morgan fingerprint density at radius 1 is 0.968 bits per heavy atom. The van der Waals surface area contributed by atoms with Crippen molar-refractivity contribution >= 4 is 18.0 Å². The molecule has 0 aliphatic carbocycles. The highest BCUT2D eigenvalue weighted by atomic mass is 19.4. The van der Waals surface area contributed by atoms with Gasteiger partial charge in [0.2, 0.25) is 0 Å². The second-order valence-corrected chi connectivity index (χ2v) is 6.39. The number of methoxy groups -OCH3 is 1. The summed E-state index contributed by atoms with van der Waals surface area (Å²) < 4.78 is 82.5. The molecule has 0 fully saturated rings. The molecule has 0 radical (unpaired) electrons. The summed E-state index contributed by atoms with van der Waals surface area (Å²) in [5, 5.41) is 2.13. The van der Waals surface area contributed by atoms with Crippen molar-refractivity contribution in [1.82, 2.24) is 5.32 Å². The molecule has 0 heterocycles. The Morgan fingerprint density at radius 3 is 2.00 bits per heavy atom. The number of halogens is 6. The van der Waals surface area contributed by atoms with Crippen LogP contribution in [-0.4, -0.2) is 25.0 Å². The molecule has 0 aromatic heterocycles. The number of ether oxygens (including phenoxy) is 1. The smallest absolute Gasteiger partial charge is 0.416 e. The summed E-state index contributed by atoms with van der Waals surface area (Å²) in [6, 6.07) is 8.04. The van der Waals surface area contributed by atoms with E-state index in [1.165, 1.54) is 6.08 Å². The molecular formula is C21H17F6NO3. The van der Waals surface area contributed by atoms with E-state index in [4.69, 9.17) is 0 Å². The van der Waals surface area contributed by atoms with Crippen molar-refractivity contribution < 1.29 is 40.7 Å². The molecule has 1 amide bonds. The Labute approximate surface area is 173 Å². The van der Waals surface area contributed by atoms with Crippen molar-refractivity contribution in [1.29, 1.82) is 0 Å². The van der Waals surface area contributed by atoms with Crippen molar-refractivity contribution in [3.8, 4) is 0 Å². The van der Waals surface area contributed by atoms with Crippen LogP contribution in [0.4, 0.5) is 26.3 Å². The van der Waals surface area contributed by atoms with Crippen molar-refractivity contribution in [2.45, 2.75) is 24.8 Å². The lowest BCUT2D eigenvalue weighted by Gasteiger charge is -2.17. The van der Waals surface area contributed by atoms with Crippen molar-refractivity contribution in [3.63, 3.8) is 0 Å². The number of amides is 1. The molecule has 0 aliphatic heterocycles. The van der Waals surface area contributed by atoms with Crippen LogP contribution < -0.4 is 5.32 Å². The number of esters is 1. The summed E-state index contributed by atoms with van der Waals surface area (Å²) in [6.45, 7) is 0. The molecule has 0 saturated carbocycles. The van der Waals surface area contributed by atoms with E-state index in [2.05, 4.69) is 10.1 Å². The van der Waals surface area contributed by atoms with Crippen LogP contribution in [0.3, 0.4) is 0 Å². The highest BCUT2D eigenvalue weighted by Gasteiger charge is 2.37. The second-order valence-electron chi connectivity index (χ2n) is 6.39. The third kappa shape index (κ3) is 6.87. The van der Waals surface area contributed by atoms with Crippen LogP contribution in [0.2, 0.25) is 0 Å². The fourth-order valence-electron chi connectivity index (χ4n) is 2.59. The highest BCUT2D eigenvalue weighted by Crippen LogP contribution is 2.36. The Morgan fingerprint density at radius 2 is 1.52 bits per heavy atom. The molecule has 0 saturated heterocycles. The van der Waals surface area contributed by atoms with Crippen molar-refractivity contribution in [2.24, 2.45) is 0 Å². The van der Waals surface area contributed by atoms with Crippen LogP contribution in [0.15, 0.2) is 54.6 Å². The van der Waals surface area contributed by atoms with E-state index in [1.54, 1.807) is 36.4 Å². The molecule has 166 valence electrons. The minimum atomic E-state index is -5.10. The van der Waals surface area contributed by atoms with Gasteiger partial charge in [0.25, 0.3) is 5.91 Å². The predicted molar refractivity (Wildman–Crippen MR) is 99.8 cm³/mol. The number of hydrogen-bond acceptors (Lipinski definition) is 3. The summed E-state index contributed by atoms with van der Waals surface area (Å²) in [6.07, 6.45) is -7.15. The third-order valence-corrected chi connectivity index (χ3v) is 4.12. The Kier molecular flexibility index (Phi) is 7.48. The molecule has 0 unspecified atom stereocenters. The van der Waals surface area contributed by atoms with E-state index in [9.17, 15) is 35.9 Å². The fraction of sp³-hybridized carbons (Fsp3) is 0.238. The van der Waals surface area contributed by atoms with E-state index in [0.29, 0.717) is 12.1 Å². The lowest BCUT2D eigenvalue weighted by Crippen LogP contribution is -2.41. The molecule has 1 N–H and O–H groups in total. The van der Waals surface area contributed by atoms with Gasteiger partial charge < -0.3 is 10.1 Å². The van der Waals surface area contributed by atoms with Crippen LogP contribution in [-0.2, 0) is 21.9 Å². The standard InChI is InChI=1S/C21H17F6NO3/c1-31-19(30)17(9-5-8-13-6-3-2-4-7-13)28-18(29)14-10-15(20(22,23)24)12-16(11-14)21(25,26)27/h2-8,10-12,17H,9H2,1H3,(H,28,29)/b8-5+/t17-/m0/s1. The average Bonchev–Trinajstić information content (AvgIpc) is 2.71. The first kappa shape index (κ1) is 24.0. The minimum absolute atomic E-state index is 0.0861. The van der Waals surface area contributed by atoms with E-state index >= 15 is 0 Å². The monoisotopic (exact) mass is 445 g/mol. The number of carbonyl (C=O) groups is 2. The van der Waals surface area contributed by atoms with Crippen LogP contribution in [0.5, 0.6) is 0 Å². The normalized spacial score (nSPS) is 13.1. The Hall–Kier alpha value is -3.30. The number of alkyl halides is 6. The third-order valence-electron chi connectivity index (χ3n) is 4.12. The SMILES string of the molecule is COC(=O)[C@H](C/C=C/c1ccccc1)NC(=O)c1cc(C(F)(F)F)cc(C(F)(F)F)c1. The lowest BCUT2D eigenvalue weighted by atomic mass is 10.0. The molecule has 10 heteroatoms. The quantitative estimate of drug-likeness (QED) is 0.497. The number of benzene rings is 2. The molecule has 1 atom stereocenters. The van der Waals surface area contributed by atoms with Crippen LogP contribution in [0.25, 0.3) is 6.08 Å². The summed E-state index contributed by atoms with van der Waals surface area (Å²) in [5.41, 5.74) is -3.37. The first-order valence-electron chi connectivity index (χ1n) is 8.81.